The van der Waals surface area contributed by atoms with Gasteiger partial charge in [0.1, 0.15) is 0 Å². The van der Waals surface area contributed by atoms with Crippen molar-refractivity contribution >= 4 is 10.8 Å². The molecule has 0 bridgehead atoms. The second-order valence-corrected chi connectivity index (χ2v) is 2.41. The van der Waals surface area contributed by atoms with Crippen LogP contribution in [0.2, 0.25) is 0 Å². The van der Waals surface area contributed by atoms with E-state index in [1.807, 2.05) is 30.3 Å². The molecule has 0 fully saturated rings. The van der Waals surface area contributed by atoms with Gasteiger partial charge < -0.3 is 5.11 Å². The topological polar surface area (TPSA) is 20.2 Å². The average molecular weight is 166 g/mol. The molecule has 0 aliphatic carbocycles. The third kappa shape index (κ3) is 1.63. The van der Waals surface area contributed by atoms with E-state index in [0.29, 0.717) is 0 Å². The molecule has 2 aromatic rings. The Balaban J connectivity index is 0.000000720. The molecule has 0 radical (unpaired) electrons. The van der Waals surface area contributed by atoms with Gasteiger partial charge in [-0.05, 0) is 0 Å². The SMILES string of the molecule is Oc1[c-]ccc2ccccc12.[Na+]. The van der Waals surface area contributed by atoms with Crippen molar-refractivity contribution in [3.63, 3.8) is 0 Å². The van der Waals surface area contributed by atoms with Crippen molar-refractivity contribution in [1.82, 2.24) is 0 Å². The van der Waals surface area contributed by atoms with Gasteiger partial charge in [0.15, 0.2) is 0 Å². The first-order chi connectivity index (χ1) is 5.38. The molecule has 2 heteroatoms. The van der Waals surface area contributed by atoms with E-state index < -0.39 is 0 Å². The summed E-state index contributed by atoms with van der Waals surface area (Å²) in [5.41, 5.74) is 0. The molecule has 1 N–H and O–H groups in total. The van der Waals surface area contributed by atoms with Crippen LogP contribution >= 0.6 is 0 Å². The molecule has 0 atom stereocenters. The molecule has 0 aromatic heterocycles. The number of fused-ring (bicyclic) bond motifs is 1. The molecule has 0 saturated heterocycles. The van der Waals surface area contributed by atoms with Gasteiger partial charge in [0.2, 0.25) is 0 Å². The first-order valence-electron chi connectivity index (χ1n) is 3.46. The summed E-state index contributed by atoms with van der Waals surface area (Å²) in [4.78, 5) is 0. The van der Waals surface area contributed by atoms with Crippen LogP contribution in [0.3, 0.4) is 0 Å². The zero-order valence-corrected chi connectivity index (χ0v) is 8.91. The van der Waals surface area contributed by atoms with E-state index in [4.69, 9.17) is 0 Å². The summed E-state index contributed by atoms with van der Waals surface area (Å²) in [5, 5.41) is 11.2. The predicted molar refractivity (Wildman–Crippen MR) is 44.4 cm³/mol. The Kier molecular flexibility index (Phi) is 3.15. The van der Waals surface area contributed by atoms with Gasteiger partial charge in [-0.3, -0.25) is 0 Å². The fourth-order valence-corrected chi connectivity index (χ4v) is 1.15. The van der Waals surface area contributed by atoms with Crippen molar-refractivity contribution < 1.29 is 34.7 Å². The minimum absolute atomic E-state index is 0. The summed E-state index contributed by atoms with van der Waals surface area (Å²) in [6.07, 6.45) is 0. The van der Waals surface area contributed by atoms with Crippen molar-refractivity contribution in [2.24, 2.45) is 0 Å². The second kappa shape index (κ2) is 3.94. The molecule has 0 amide bonds. The Bertz CT molecular complexity index is 379. The largest absolute Gasteiger partial charge is 1.00 e. The number of rotatable bonds is 0. The summed E-state index contributed by atoms with van der Waals surface area (Å²) >= 11 is 0. The summed E-state index contributed by atoms with van der Waals surface area (Å²) in [6.45, 7) is 0. The van der Waals surface area contributed by atoms with Crippen LogP contribution in [0.4, 0.5) is 0 Å². The Morgan fingerprint density at radius 2 is 1.83 bits per heavy atom. The van der Waals surface area contributed by atoms with Crippen molar-refractivity contribution in [1.29, 1.82) is 0 Å². The summed E-state index contributed by atoms with van der Waals surface area (Å²) < 4.78 is 0. The fraction of sp³-hybridized carbons (Fsp3) is 0. The van der Waals surface area contributed by atoms with Crippen LogP contribution in [0, 0.1) is 6.07 Å². The number of phenols is 1. The van der Waals surface area contributed by atoms with E-state index in [9.17, 15) is 5.11 Å². The van der Waals surface area contributed by atoms with Gasteiger partial charge in [0.05, 0.1) is 0 Å². The standard InChI is InChI=1S/C10H7O.Na/c11-10-7-3-5-8-4-1-2-6-9(8)10;/h1-6,11H;/q-1;+1. The zero-order chi connectivity index (χ0) is 7.68. The van der Waals surface area contributed by atoms with Gasteiger partial charge >= 0.3 is 29.6 Å². The maximum Gasteiger partial charge on any atom is 1.00 e. The Hall–Kier alpha value is -0.500. The van der Waals surface area contributed by atoms with E-state index >= 15 is 0 Å². The molecule has 2 aromatic carbocycles. The predicted octanol–water partition coefficient (Wildman–Crippen LogP) is -0.650. The molecule has 1 nitrogen and oxygen atoms in total. The van der Waals surface area contributed by atoms with Gasteiger partial charge in [-0.2, -0.15) is 12.1 Å². The molecule has 0 unspecified atom stereocenters. The maximum atomic E-state index is 9.32. The third-order valence-corrected chi connectivity index (χ3v) is 1.70. The van der Waals surface area contributed by atoms with Crippen LogP contribution < -0.4 is 29.6 Å². The third-order valence-electron chi connectivity index (χ3n) is 1.70. The molecule has 0 spiro atoms. The van der Waals surface area contributed by atoms with Gasteiger partial charge in [-0.25, -0.2) is 0 Å². The molecular formula is C10H7NaO. The minimum Gasteiger partial charge on any atom is -0.533 e. The van der Waals surface area contributed by atoms with Crippen molar-refractivity contribution in [3.05, 3.63) is 42.5 Å². The number of hydrogen-bond acceptors (Lipinski definition) is 1. The van der Waals surface area contributed by atoms with Crippen molar-refractivity contribution in [3.8, 4) is 5.75 Å². The molecule has 12 heavy (non-hydrogen) atoms. The van der Waals surface area contributed by atoms with Crippen molar-refractivity contribution in [2.45, 2.75) is 0 Å². The van der Waals surface area contributed by atoms with Crippen LogP contribution in [0.1, 0.15) is 0 Å². The smallest absolute Gasteiger partial charge is 0.533 e. The monoisotopic (exact) mass is 166 g/mol. The van der Waals surface area contributed by atoms with Crippen LogP contribution in [0.15, 0.2) is 36.4 Å². The molecule has 0 saturated carbocycles. The van der Waals surface area contributed by atoms with Crippen LogP contribution in [0.25, 0.3) is 10.8 Å². The first-order valence-corrected chi connectivity index (χ1v) is 3.46. The van der Waals surface area contributed by atoms with Gasteiger partial charge in [0, 0.05) is 5.75 Å². The van der Waals surface area contributed by atoms with E-state index in [1.54, 1.807) is 6.07 Å². The summed E-state index contributed by atoms with van der Waals surface area (Å²) in [5.74, 6) is 0.225. The minimum atomic E-state index is 0. The second-order valence-electron chi connectivity index (χ2n) is 2.41. The first kappa shape index (κ1) is 9.59. The maximum absolute atomic E-state index is 9.32. The van der Waals surface area contributed by atoms with Crippen molar-refractivity contribution in [2.75, 3.05) is 0 Å². The van der Waals surface area contributed by atoms with Crippen LogP contribution in [-0.2, 0) is 0 Å². The van der Waals surface area contributed by atoms with Gasteiger partial charge in [-0.15, -0.1) is 17.5 Å². The van der Waals surface area contributed by atoms with Crippen LogP contribution in [0.5, 0.6) is 5.75 Å². The Morgan fingerprint density at radius 3 is 2.58 bits per heavy atom. The Morgan fingerprint density at radius 1 is 1.08 bits per heavy atom. The van der Waals surface area contributed by atoms with Gasteiger partial charge in [-0.1, -0.05) is 23.6 Å². The molecule has 0 aliphatic rings. The van der Waals surface area contributed by atoms with E-state index in [0.717, 1.165) is 10.8 Å². The summed E-state index contributed by atoms with van der Waals surface area (Å²) in [6, 6.07) is 14.1. The normalized spacial score (nSPS) is 9.33. The Labute approximate surface area is 93.3 Å². The van der Waals surface area contributed by atoms with E-state index in [-0.39, 0.29) is 35.3 Å². The molecule has 2 rings (SSSR count). The number of hydrogen-bond donors (Lipinski definition) is 1. The van der Waals surface area contributed by atoms with E-state index in [1.165, 1.54) is 0 Å². The van der Waals surface area contributed by atoms with Crippen LogP contribution in [-0.4, -0.2) is 5.11 Å². The molecule has 54 valence electrons. The average Bonchev–Trinajstić information content (AvgIpc) is 2.06. The molecule has 0 aliphatic heterocycles. The van der Waals surface area contributed by atoms with E-state index in [2.05, 4.69) is 6.07 Å². The summed E-state index contributed by atoms with van der Waals surface area (Å²) in [7, 11) is 0. The number of aromatic hydroxyl groups is 1. The molecule has 0 heterocycles. The fourth-order valence-electron chi connectivity index (χ4n) is 1.15. The zero-order valence-electron chi connectivity index (χ0n) is 6.91. The quantitative estimate of drug-likeness (QED) is 0.407. The number of phenolic OH excluding ortho intramolecular Hbond substituents is 1. The van der Waals surface area contributed by atoms with Gasteiger partial charge in [0.25, 0.3) is 0 Å². The molecular weight excluding hydrogens is 159 g/mol. The number of benzene rings is 2.